The predicted molar refractivity (Wildman–Crippen MR) is 174 cm³/mol. The van der Waals surface area contributed by atoms with Gasteiger partial charge in [0, 0.05) is 46.2 Å². The minimum absolute atomic E-state index is 0.0139. The van der Waals surface area contributed by atoms with E-state index in [0.717, 1.165) is 16.7 Å². The van der Waals surface area contributed by atoms with Gasteiger partial charge in [0.2, 0.25) is 11.8 Å². The zero-order chi connectivity index (χ0) is 34.8. The van der Waals surface area contributed by atoms with E-state index in [1.54, 1.807) is 37.9 Å². The summed E-state index contributed by atoms with van der Waals surface area (Å²) in [4.78, 5) is 55.2. The van der Waals surface area contributed by atoms with E-state index in [4.69, 9.17) is 18.9 Å². The van der Waals surface area contributed by atoms with E-state index in [0.29, 0.717) is 18.5 Å². The van der Waals surface area contributed by atoms with Crippen LogP contribution < -0.4 is 10.2 Å². The van der Waals surface area contributed by atoms with Crippen molar-refractivity contribution in [1.82, 2.24) is 10.2 Å². The number of allylic oxidation sites excluding steroid dienone is 3. The van der Waals surface area contributed by atoms with Gasteiger partial charge in [0.05, 0.1) is 12.5 Å². The number of carbonyl (C=O) groups is 4. The molecule has 0 saturated carbocycles. The number of hydrogen-bond acceptors (Lipinski definition) is 9. The summed E-state index contributed by atoms with van der Waals surface area (Å²) in [5.41, 5.74) is 0.775. The molecular weight excluding hydrogens is 606 g/mol. The van der Waals surface area contributed by atoms with E-state index < -0.39 is 59.8 Å². The molecule has 0 aromatic heterocycles. The molecule has 2 fully saturated rings. The number of methoxy groups -OCH3 is 1. The third-order valence-electron chi connectivity index (χ3n) is 9.68. The zero-order valence-electron chi connectivity index (χ0n) is 28.9. The third-order valence-corrected chi connectivity index (χ3v) is 9.68. The van der Waals surface area contributed by atoms with Crippen molar-refractivity contribution in [2.24, 2.45) is 5.92 Å². The maximum Gasteiger partial charge on any atom is 0.409 e. The first-order valence-electron chi connectivity index (χ1n) is 16.1. The van der Waals surface area contributed by atoms with Crippen LogP contribution in [0.15, 0.2) is 42.0 Å². The van der Waals surface area contributed by atoms with Crippen molar-refractivity contribution in [2.75, 3.05) is 26.1 Å². The number of nitrogens with one attached hydrogen (secondary N) is 1. The number of alkyl carbamates (subject to hydrolysis) is 1. The molecule has 0 spiro atoms. The second kappa shape index (κ2) is 14.2. The average Bonchev–Trinajstić information content (AvgIpc) is 3.69. The summed E-state index contributed by atoms with van der Waals surface area (Å²) in [6.07, 6.45) is 1.97. The molecule has 12 nitrogen and oxygen atoms in total. The maximum atomic E-state index is 13.9. The van der Waals surface area contributed by atoms with Crippen LogP contribution in [-0.4, -0.2) is 96.9 Å². The van der Waals surface area contributed by atoms with Crippen LogP contribution in [0.5, 0.6) is 0 Å². The summed E-state index contributed by atoms with van der Waals surface area (Å²) in [6, 6.07) is 5.07. The Hall–Kier alpha value is -3.74. The lowest BCUT2D eigenvalue weighted by Gasteiger charge is -2.42. The Balaban J connectivity index is 1.76. The number of fused-ring (bicyclic) bond motifs is 5. The summed E-state index contributed by atoms with van der Waals surface area (Å²) in [7, 11) is 4.67. The van der Waals surface area contributed by atoms with E-state index in [1.807, 2.05) is 39.0 Å². The summed E-state index contributed by atoms with van der Waals surface area (Å²) in [6.45, 7) is 10.7. The van der Waals surface area contributed by atoms with Crippen molar-refractivity contribution in [3.63, 3.8) is 0 Å². The van der Waals surface area contributed by atoms with E-state index in [2.05, 4.69) is 11.4 Å². The Labute approximate surface area is 277 Å². The van der Waals surface area contributed by atoms with Gasteiger partial charge in [-0.1, -0.05) is 43.7 Å². The van der Waals surface area contributed by atoms with Crippen LogP contribution in [-0.2, 0) is 39.8 Å². The van der Waals surface area contributed by atoms with Crippen LogP contribution in [0.1, 0.15) is 65.0 Å². The lowest BCUT2D eigenvalue weighted by molar-refractivity contribution is -0.162. The Morgan fingerprint density at radius 1 is 1.23 bits per heavy atom. The van der Waals surface area contributed by atoms with Crippen molar-refractivity contribution >= 4 is 29.6 Å². The zero-order valence-corrected chi connectivity index (χ0v) is 28.9. The van der Waals surface area contributed by atoms with Crippen LogP contribution in [0, 0.1) is 12.8 Å². The molecule has 1 aromatic rings. The highest BCUT2D eigenvalue weighted by Gasteiger charge is 2.64. The topological polar surface area (TPSA) is 147 Å². The predicted octanol–water partition coefficient (Wildman–Crippen LogP) is 3.57. The van der Waals surface area contributed by atoms with Crippen molar-refractivity contribution in [3.8, 4) is 0 Å². The van der Waals surface area contributed by atoms with Crippen molar-refractivity contribution < 1.29 is 43.2 Å². The van der Waals surface area contributed by atoms with Crippen molar-refractivity contribution in [2.45, 2.75) is 109 Å². The molecule has 3 aliphatic rings. The number of anilines is 1. The van der Waals surface area contributed by atoms with Gasteiger partial charge in [0.25, 0.3) is 0 Å². The van der Waals surface area contributed by atoms with Crippen LogP contribution in [0.25, 0.3) is 0 Å². The molecule has 4 bridgehead atoms. The summed E-state index contributed by atoms with van der Waals surface area (Å²) in [5.74, 6) is -1.72. The number of ether oxygens (including phenoxy) is 4. The Morgan fingerprint density at radius 3 is 2.57 bits per heavy atom. The van der Waals surface area contributed by atoms with Crippen molar-refractivity contribution in [3.05, 3.63) is 53.1 Å². The molecule has 2 saturated heterocycles. The number of nitrogens with zero attached hydrogens (tertiary/aromatic N) is 2. The molecule has 4 rings (SSSR count). The highest BCUT2D eigenvalue weighted by Crippen LogP contribution is 2.49. The summed E-state index contributed by atoms with van der Waals surface area (Å²) >= 11 is 0. The number of carbonyl (C=O) groups excluding carboxylic acids is 4. The number of hydrogen-bond donors (Lipinski definition) is 2. The third kappa shape index (κ3) is 7.88. The van der Waals surface area contributed by atoms with Crippen LogP contribution in [0.4, 0.5) is 10.5 Å². The highest BCUT2D eigenvalue weighted by molar-refractivity contribution is 5.93. The molecular formula is C35H49N3O9. The first-order valence-corrected chi connectivity index (χ1v) is 16.1. The number of amides is 3. The monoisotopic (exact) mass is 655 g/mol. The largest absolute Gasteiger partial charge is 0.457 e. The minimum Gasteiger partial charge on any atom is -0.457 e. The second-order valence-corrected chi connectivity index (χ2v) is 13.3. The average molecular weight is 656 g/mol. The summed E-state index contributed by atoms with van der Waals surface area (Å²) < 4.78 is 23.6. The quantitative estimate of drug-likeness (QED) is 0.359. The molecule has 2 N–H and O–H groups in total. The standard InChI is InChI=1S/C35H49N3O9/c1-10-26(37(7)23(5)39)32(41)46-29-18-30(40)38(8)25-16-21(3)15-24(17-25)14-20(2)12-11-13-28(44-9)35(43)19-27(45-33(42)36-35)22(4)31-34(29,6)47-31/h11-13,15-17,22,26-29,31,43H,10,14,18-19H2,1-9H3,(H,36,42)/b13-11+,20-12+/t22-,26?,27?,28-,29+,31?,34?,35+/m1/s1. The fourth-order valence-electron chi connectivity index (χ4n) is 6.65. The molecule has 3 amide bonds. The van der Waals surface area contributed by atoms with Crippen molar-refractivity contribution in [1.29, 1.82) is 0 Å². The number of esters is 1. The summed E-state index contributed by atoms with van der Waals surface area (Å²) in [5, 5.41) is 14.2. The fraction of sp³-hybridized carbons (Fsp3) is 0.600. The molecule has 258 valence electrons. The Bertz CT molecular complexity index is 1440. The maximum absolute atomic E-state index is 13.9. The van der Waals surface area contributed by atoms with Gasteiger partial charge in [-0.25, -0.2) is 9.59 Å². The van der Waals surface area contributed by atoms with Gasteiger partial charge in [-0.3, -0.25) is 14.9 Å². The first-order chi connectivity index (χ1) is 22.0. The number of benzene rings is 1. The molecule has 3 aliphatic heterocycles. The smallest absolute Gasteiger partial charge is 0.409 e. The van der Waals surface area contributed by atoms with Gasteiger partial charge in [0.15, 0.2) is 5.72 Å². The van der Waals surface area contributed by atoms with Gasteiger partial charge in [-0.15, -0.1) is 0 Å². The number of epoxide rings is 1. The van der Waals surface area contributed by atoms with Crippen LogP contribution in [0.2, 0.25) is 0 Å². The van der Waals surface area contributed by atoms with Crippen LogP contribution >= 0.6 is 0 Å². The van der Waals surface area contributed by atoms with Gasteiger partial charge in [0.1, 0.15) is 30.0 Å². The van der Waals surface area contributed by atoms with Gasteiger partial charge < -0.3 is 33.9 Å². The Kier molecular flexibility index (Phi) is 10.9. The fourth-order valence-corrected chi connectivity index (χ4v) is 6.65. The number of aliphatic hydroxyl groups is 1. The lowest BCUT2D eigenvalue weighted by atomic mass is 9.83. The molecule has 1 aromatic carbocycles. The number of likely N-dealkylation sites (N-methyl/N-ethyl adjacent to an activating group) is 1. The van der Waals surface area contributed by atoms with Crippen LogP contribution in [0.3, 0.4) is 0 Å². The highest BCUT2D eigenvalue weighted by atomic mass is 16.7. The molecule has 0 radical (unpaired) electrons. The Morgan fingerprint density at radius 2 is 1.94 bits per heavy atom. The van der Waals surface area contributed by atoms with Gasteiger partial charge >= 0.3 is 12.1 Å². The first kappa shape index (κ1) is 36.1. The molecule has 0 aliphatic carbocycles. The molecule has 12 heteroatoms. The normalized spacial score (nSPS) is 33.7. The number of rotatable bonds is 5. The van der Waals surface area contributed by atoms with Gasteiger partial charge in [-0.05, 0) is 56.9 Å². The van der Waals surface area contributed by atoms with E-state index in [-0.39, 0.29) is 24.7 Å². The molecule has 8 atom stereocenters. The molecule has 3 heterocycles. The SMILES string of the molecule is CCC(C(=O)O[C@H]1CC(=O)N(C)c2cc(C)cc(c2)C/C(C)=C/C=C/[C@@H](OC)[C@@]2(O)CC(OC(=O)N2)[C@@H](C)C2OC21C)N(C)C(C)=O. The lowest BCUT2D eigenvalue weighted by Crippen LogP contribution is -2.63. The molecule has 4 unspecified atom stereocenters. The molecule has 47 heavy (non-hydrogen) atoms. The van der Waals surface area contributed by atoms with E-state index >= 15 is 0 Å². The van der Waals surface area contributed by atoms with E-state index in [1.165, 1.54) is 26.0 Å². The minimum atomic E-state index is -1.78. The second-order valence-electron chi connectivity index (χ2n) is 13.3. The number of aryl methyl sites for hydroxylation is 1. The van der Waals surface area contributed by atoms with E-state index in [9.17, 15) is 24.3 Å². The van der Waals surface area contributed by atoms with Gasteiger partial charge in [-0.2, -0.15) is 0 Å².